The number of hydrogen-bond donors (Lipinski definition) is 2. The largest absolute Gasteiger partial charge is 0.324 e. The van der Waals surface area contributed by atoms with Gasteiger partial charge in [0, 0.05) is 35.2 Å². The Labute approximate surface area is 204 Å². The lowest BCUT2D eigenvalue weighted by Gasteiger charge is -2.19. The normalized spacial score (nSPS) is 15.4. The molecule has 8 heteroatoms. The highest BCUT2D eigenvalue weighted by molar-refractivity contribution is 5.77. The highest BCUT2D eigenvalue weighted by Crippen LogP contribution is 2.27. The van der Waals surface area contributed by atoms with Crippen LogP contribution in [0.4, 0.5) is 11.6 Å². The van der Waals surface area contributed by atoms with Gasteiger partial charge < -0.3 is 10.6 Å². The molecular weight excluding hydrogens is 438 g/mol. The van der Waals surface area contributed by atoms with Gasteiger partial charge in [0.15, 0.2) is 5.65 Å². The summed E-state index contributed by atoms with van der Waals surface area (Å²) in [5, 5.41) is 7.15. The van der Waals surface area contributed by atoms with Crippen molar-refractivity contribution in [2.24, 2.45) is 0 Å². The second-order valence-electron chi connectivity index (χ2n) is 10.1. The third-order valence-corrected chi connectivity index (χ3v) is 6.54. The van der Waals surface area contributed by atoms with Crippen LogP contribution in [0, 0.1) is 0 Å². The summed E-state index contributed by atoms with van der Waals surface area (Å²) in [4.78, 5) is 27.0. The number of hydrogen-bond acceptors (Lipinski definition) is 6. The van der Waals surface area contributed by atoms with Gasteiger partial charge in [0.2, 0.25) is 5.95 Å². The molecule has 180 valence electrons. The van der Waals surface area contributed by atoms with E-state index in [1.807, 2.05) is 23.9 Å². The number of fused-ring (bicyclic) bond motifs is 2. The van der Waals surface area contributed by atoms with E-state index in [0.717, 1.165) is 29.9 Å². The van der Waals surface area contributed by atoms with Gasteiger partial charge in [-0.1, -0.05) is 32.9 Å². The average Bonchev–Trinajstić information content (AvgIpc) is 3.37. The SMILES string of the molecule is C=CCn1c(=O)c2cnc(Nc3ccc4c(c3)CC(NC)C4)nc2n1-c1ccnc(C(C)(C)C)c1. The quantitative estimate of drug-likeness (QED) is 0.417. The van der Waals surface area contributed by atoms with Crippen LogP contribution in [0.25, 0.3) is 16.7 Å². The topological polar surface area (TPSA) is 89.7 Å². The molecule has 1 unspecified atom stereocenters. The molecule has 0 aliphatic heterocycles. The van der Waals surface area contributed by atoms with E-state index in [0.29, 0.717) is 29.6 Å². The molecule has 1 aliphatic carbocycles. The number of anilines is 2. The summed E-state index contributed by atoms with van der Waals surface area (Å²) >= 11 is 0. The maximum absolute atomic E-state index is 13.2. The first-order chi connectivity index (χ1) is 16.8. The van der Waals surface area contributed by atoms with Gasteiger partial charge in [-0.15, -0.1) is 6.58 Å². The first kappa shape index (κ1) is 23.0. The van der Waals surface area contributed by atoms with Gasteiger partial charge in [0.25, 0.3) is 5.56 Å². The Hall–Kier alpha value is -3.78. The van der Waals surface area contributed by atoms with Crippen LogP contribution < -0.4 is 16.2 Å². The van der Waals surface area contributed by atoms with E-state index in [-0.39, 0.29) is 11.0 Å². The monoisotopic (exact) mass is 469 g/mol. The lowest BCUT2D eigenvalue weighted by molar-refractivity contribution is 0.563. The van der Waals surface area contributed by atoms with Crippen molar-refractivity contribution in [3.05, 3.63) is 82.6 Å². The van der Waals surface area contributed by atoms with E-state index >= 15 is 0 Å². The van der Waals surface area contributed by atoms with E-state index in [9.17, 15) is 4.79 Å². The van der Waals surface area contributed by atoms with Crippen LogP contribution in [0.3, 0.4) is 0 Å². The predicted molar refractivity (Wildman–Crippen MR) is 140 cm³/mol. The van der Waals surface area contributed by atoms with Crippen LogP contribution in [0.15, 0.2) is 60.2 Å². The van der Waals surface area contributed by atoms with Gasteiger partial charge in [-0.2, -0.15) is 4.98 Å². The van der Waals surface area contributed by atoms with Gasteiger partial charge in [-0.3, -0.25) is 9.78 Å². The summed E-state index contributed by atoms with van der Waals surface area (Å²) in [5.41, 5.74) is 5.62. The minimum absolute atomic E-state index is 0.135. The Morgan fingerprint density at radius 3 is 2.69 bits per heavy atom. The maximum Gasteiger partial charge on any atom is 0.278 e. The Bertz CT molecular complexity index is 1480. The molecule has 2 N–H and O–H groups in total. The molecule has 1 aromatic carbocycles. The molecule has 4 aromatic rings. The van der Waals surface area contributed by atoms with Gasteiger partial charge in [-0.25, -0.2) is 14.3 Å². The molecule has 0 fully saturated rings. The number of pyridine rings is 1. The minimum Gasteiger partial charge on any atom is -0.324 e. The standard InChI is InChI=1S/C27H31N7O/c1-6-11-33-25(35)22-16-30-26(31-19-8-7-17-12-20(28-5)14-18(17)13-19)32-24(22)34(33)21-9-10-29-23(15-21)27(2,3)4/h6-10,13,15-16,20,28H,1,11-12,14H2,2-5H3,(H,30,31,32). The molecule has 0 bridgehead atoms. The molecule has 3 aromatic heterocycles. The highest BCUT2D eigenvalue weighted by atomic mass is 16.1. The van der Waals surface area contributed by atoms with Crippen molar-refractivity contribution in [1.29, 1.82) is 0 Å². The summed E-state index contributed by atoms with van der Waals surface area (Å²) in [6.45, 7) is 10.5. The molecule has 0 spiro atoms. The zero-order chi connectivity index (χ0) is 24.7. The molecule has 3 heterocycles. The van der Waals surface area contributed by atoms with E-state index in [1.165, 1.54) is 11.1 Å². The Morgan fingerprint density at radius 1 is 1.14 bits per heavy atom. The fourth-order valence-corrected chi connectivity index (χ4v) is 4.63. The van der Waals surface area contributed by atoms with Gasteiger partial charge in [0.1, 0.15) is 5.39 Å². The van der Waals surface area contributed by atoms with E-state index < -0.39 is 0 Å². The molecule has 35 heavy (non-hydrogen) atoms. The number of rotatable bonds is 6. The second kappa shape index (κ2) is 8.78. The lowest BCUT2D eigenvalue weighted by Crippen LogP contribution is -2.24. The van der Waals surface area contributed by atoms with E-state index in [4.69, 9.17) is 4.98 Å². The van der Waals surface area contributed by atoms with E-state index in [1.54, 1.807) is 23.2 Å². The smallest absolute Gasteiger partial charge is 0.278 e. The van der Waals surface area contributed by atoms with Gasteiger partial charge >= 0.3 is 0 Å². The van der Waals surface area contributed by atoms with Crippen LogP contribution >= 0.6 is 0 Å². The number of benzene rings is 1. The van der Waals surface area contributed by atoms with Crippen molar-refractivity contribution in [2.45, 2.75) is 51.6 Å². The lowest BCUT2D eigenvalue weighted by atomic mass is 9.91. The summed E-state index contributed by atoms with van der Waals surface area (Å²) in [6, 6.07) is 10.8. The number of aromatic nitrogens is 5. The molecule has 8 nitrogen and oxygen atoms in total. The van der Waals surface area contributed by atoms with Crippen molar-refractivity contribution in [3.63, 3.8) is 0 Å². The zero-order valence-corrected chi connectivity index (χ0v) is 20.7. The third kappa shape index (κ3) is 4.25. The first-order valence-electron chi connectivity index (χ1n) is 11.9. The molecule has 0 saturated heterocycles. The average molecular weight is 470 g/mol. The number of nitrogens with zero attached hydrogens (tertiary/aromatic N) is 5. The molecule has 5 rings (SSSR count). The molecule has 0 saturated carbocycles. The van der Waals surface area contributed by atoms with Crippen LogP contribution in [0.2, 0.25) is 0 Å². The van der Waals surface area contributed by atoms with Crippen LogP contribution in [0.5, 0.6) is 0 Å². The Kier molecular flexibility index (Phi) is 5.76. The first-order valence-corrected chi connectivity index (χ1v) is 11.9. The fourth-order valence-electron chi connectivity index (χ4n) is 4.63. The highest BCUT2D eigenvalue weighted by Gasteiger charge is 2.22. The Balaban J connectivity index is 1.59. The Morgan fingerprint density at radius 2 is 1.94 bits per heavy atom. The van der Waals surface area contributed by atoms with Gasteiger partial charge in [-0.05, 0) is 55.3 Å². The molecule has 1 aliphatic rings. The van der Waals surface area contributed by atoms with Crippen molar-refractivity contribution in [1.82, 2.24) is 29.6 Å². The summed E-state index contributed by atoms with van der Waals surface area (Å²) < 4.78 is 3.47. The van der Waals surface area contributed by atoms with Gasteiger partial charge in [0.05, 0.1) is 12.2 Å². The van der Waals surface area contributed by atoms with Crippen molar-refractivity contribution < 1.29 is 0 Å². The second-order valence-corrected chi connectivity index (χ2v) is 10.1. The number of allylic oxidation sites excluding steroid dienone is 1. The zero-order valence-electron chi connectivity index (χ0n) is 20.7. The number of nitrogens with one attached hydrogen (secondary N) is 2. The minimum atomic E-state index is -0.156. The predicted octanol–water partition coefficient (Wildman–Crippen LogP) is 3.89. The molecular formula is C27H31N7O. The van der Waals surface area contributed by atoms with Crippen LogP contribution in [-0.4, -0.2) is 37.4 Å². The van der Waals surface area contributed by atoms with E-state index in [2.05, 4.69) is 66.2 Å². The van der Waals surface area contributed by atoms with Crippen molar-refractivity contribution in [2.75, 3.05) is 12.4 Å². The van der Waals surface area contributed by atoms with Crippen LogP contribution in [-0.2, 0) is 24.8 Å². The summed E-state index contributed by atoms with van der Waals surface area (Å²) in [6.07, 6.45) is 7.12. The fraction of sp³-hybridized carbons (Fsp3) is 0.333. The molecule has 0 radical (unpaired) electrons. The summed E-state index contributed by atoms with van der Waals surface area (Å²) in [7, 11) is 2.00. The molecule has 0 amide bonds. The van der Waals surface area contributed by atoms with Crippen molar-refractivity contribution in [3.8, 4) is 5.69 Å². The van der Waals surface area contributed by atoms with Crippen molar-refractivity contribution >= 4 is 22.7 Å². The molecule has 1 atom stereocenters. The maximum atomic E-state index is 13.2. The van der Waals surface area contributed by atoms with Crippen LogP contribution in [0.1, 0.15) is 37.6 Å². The number of likely N-dealkylation sites (N-methyl/N-ethyl adjacent to an activating group) is 1. The summed E-state index contributed by atoms with van der Waals surface area (Å²) in [5.74, 6) is 0.440. The third-order valence-electron chi connectivity index (χ3n) is 6.54.